The Morgan fingerprint density at radius 2 is 2.16 bits per heavy atom. The second kappa shape index (κ2) is 6.38. The maximum Gasteiger partial charge on any atom is 0.130 e. The molecule has 1 fully saturated rings. The van der Waals surface area contributed by atoms with Gasteiger partial charge in [0.2, 0.25) is 0 Å². The van der Waals surface area contributed by atoms with Crippen molar-refractivity contribution in [1.29, 1.82) is 0 Å². The number of anilines is 1. The zero-order valence-corrected chi connectivity index (χ0v) is 12.0. The van der Waals surface area contributed by atoms with Gasteiger partial charge in [-0.05, 0) is 44.2 Å². The zero-order valence-electron chi connectivity index (χ0n) is 12.0. The fourth-order valence-electron chi connectivity index (χ4n) is 3.07. The van der Waals surface area contributed by atoms with Crippen molar-refractivity contribution in [3.05, 3.63) is 29.6 Å². The number of benzene rings is 1. The predicted molar refractivity (Wildman–Crippen MR) is 78.8 cm³/mol. The Bertz CT molecular complexity index is 417. The molecule has 3 heteroatoms. The number of hydrogen-bond donors (Lipinski definition) is 1. The summed E-state index contributed by atoms with van der Waals surface area (Å²) in [5, 5.41) is 0. The maximum absolute atomic E-state index is 14.0. The minimum Gasteiger partial charge on any atom is -0.371 e. The van der Waals surface area contributed by atoms with Gasteiger partial charge in [-0.3, -0.25) is 0 Å². The van der Waals surface area contributed by atoms with Crippen LogP contribution in [0, 0.1) is 11.7 Å². The van der Waals surface area contributed by atoms with Crippen molar-refractivity contribution in [3.8, 4) is 0 Å². The average molecular weight is 264 g/mol. The first-order valence-electron chi connectivity index (χ1n) is 7.42. The van der Waals surface area contributed by atoms with E-state index in [4.69, 9.17) is 5.73 Å². The van der Waals surface area contributed by atoms with Crippen molar-refractivity contribution in [2.75, 3.05) is 18.0 Å². The van der Waals surface area contributed by atoms with Crippen molar-refractivity contribution in [3.63, 3.8) is 0 Å². The number of hydrogen-bond acceptors (Lipinski definition) is 2. The quantitative estimate of drug-likeness (QED) is 0.898. The number of nitrogens with two attached hydrogens (primary N) is 1. The van der Waals surface area contributed by atoms with Gasteiger partial charge in [-0.2, -0.15) is 0 Å². The van der Waals surface area contributed by atoms with Crippen LogP contribution in [0.1, 0.15) is 51.1 Å². The summed E-state index contributed by atoms with van der Waals surface area (Å²) in [6.45, 7) is 6.14. The van der Waals surface area contributed by atoms with Crippen LogP contribution in [0.5, 0.6) is 0 Å². The summed E-state index contributed by atoms with van der Waals surface area (Å²) < 4.78 is 14.0. The molecule has 1 aromatic rings. The number of halogens is 1. The lowest BCUT2D eigenvalue weighted by molar-refractivity contribution is 0.459. The van der Waals surface area contributed by atoms with E-state index in [0.717, 1.165) is 24.7 Å². The van der Waals surface area contributed by atoms with Crippen molar-refractivity contribution in [1.82, 2.24) is 0 Å². The molecule has 0 radical (unpaired) electrons. The molecule has 0 spiro atoms. The van der Waals surface area contributed by atoms with Gasteiger partial charge in [0, 0.05) is 30.4 Å². The highest BCUT2D eigenvalue weighted by Crippen LogP contribution is 2.31. The van der Waals surface area contributed by atoms with Gasteiger partial charge in [0.25, 0.3) is 0 Å². The van der Waals surface area contributed by atoms with Crippen molar-refractivity contribution in [2.45, 2.75) is 45.6 Å². The number of nitrogens with zero attached hydrogens (tertiary/aromatic N) is 1. The van der Waals surface area contributed by atoms with E-state index in [1.54, 1.807) is 6.07 Å². The molecule has 1 aliphatic heterocycles. The SMILES string of the molecule is CCC1CCCN(c2cccc(F)c2[C@H](C)N)CC1. The molecule has 1 saturated heterocycles. The molecule has 0 aromatic heterocycles. The molecular formula is C16H25FN2. The highest BCUT2D eigenvalue weighted by atomic mass is 19.1. The largest absolute Gasteiger partial charge is 0.371 e. The molecule has 1 heterocycles. The van der Waals surface area contributed by atoms with Crippen molar-refractivity contribution in [2.24, 2.45) is 11.7 Å². The predicted octanol–water partition coefficient (Wildman–Crippen LogP) is 3.86. The summed E-state index contributed by atoms with van der Waals surface area (Å²) in [5.74, 6) is 0.640. The molecule has 106 valence electrons. The minimum absolute atomic E-state index is 0.177. The first kappa shape index (κ1) is 14.3. The monoisotopic (exact) mass is 264 g/mol. The third-order valence-corrected chi connectivity index (χ3v) is 4.25. The molecule has 1 aromatic carbocycles. The third kappa shape index (κ3) is 3.27. The lowest BCUT2D eigenvalue weighted by atomic mass is 9.98. The normalized spacial score (nSPS) is 22.1. The summed E-state index contributed by atoms with van der Waals surface area (Å²) in [6, 6.07) is 5.04. The molecule has 1 unspecified atom stereocenters. The van der Waals surface area contributed by atoms with Crippen LogP contribution in [0.4, 0.5) is 10.1 Å². The fourth-order valence-corrected chi connectivity index (χ4v) is 3.07. The number of rotatable bonds is 3. The van der Waals surface area contributed by atoms with E-state index in [0.29, 0.717) is 5.56 Å². The molecule has 2 rings (SSSR count). The molecule has 1 aliphatic rings. The van der Waals surface area contributed by atoms with Crippen LogP contribution < -0.4 is 10.6 Å². The van der Waals surface area contributed by atoms with Gasteiger partial charge in [-0.15, -0.1) is 0 Å². The Morgan fingerprint density at radius 1 is 1.37 bits per heavy atom. The van der Waals surface area contributed by atoms with Crippen LogP contribution in [-0.2, 0) is 0 Å². The average Bonchev–Trinajstić information content (AvgIpc) is 2.63. The first-order chi connectivity index (χ1) is 9.13. The molecule has 0 amide bonds. The molecule has 0 bridgehead atoms. The zero-order chi connectivity index (χ0) is 13.8. The van der Waals surface area contributed by atoms with Gasteiger partial charge in [-0.1, -0.05) is 19.4 Å². The van der Waals surface area contributed by atoms with Gasteiger partial charge in [0.05, 0.1) is 0 Å². The Hall–Kier alpha value is -1.09. The molecular weight excluding hydrogens is 239 g/mol. The lowest BCUT2D eigenvalue weighted by Crippen LogP contribution is -2.27. The van der Waals surface area contributed by atoms with E-state index in [9.17, 15) is 4.39 Å². The van der Waals surface area contributed by atoms with Crippen molar-refractivity contribution >= 4 is 5.69 Å². The molecule has 0 aliphatic carbocycles. The standard InChI is InChI=1S/C16H25FN2/c1-3-13-6-5-10-19(11-9-13)15-8-4-7-14(17)16(15)12(2)18/h4,7-8,12-13H,3,5-6,9-11,18H2,1-2H3/t12-,13?/m0/s1. The lowest BCUT2D eigenvalue weighted by Gasteiger charge is -2.27. The Balaban J connectivity index is 2.24. The van der Waals surface area contributed by atoms with Crippen LogP contribution in [0.3, 0.4) is 0 Å². The highest BCUT2D eigenvalue weighted by Gasteiger charge is 2.20. The first-order valence-corrected chi connectivity index (χ1v) is 7.42. The van der Waals surface area contributed by atoms with Gasteiger partial charge >= 0.3 is 0 Å². The molecule has 19 heavy (non-hydrogen) atoms. The van der Waals surface area contributed by atoms with E-state index in [-0.39, 0.29) is 11.9 Å². The maximum atomic E-state index is 14.0. The Labute approximate surface area is 115 Å². The highest BCUT2D eigenvalue weighted by molar-refractivity contribution is 5.55. The summed E-state index contributed by atoms with van der Waals surface area (Å²) in [4.78, 5) is 2.32. The summed E-state index contributed by atoms with van der Waals surface area (Å²) in [5.41, 5.74) is 7.60. The molecule has 0 saturated carbocycles. The topological polar surface area (TPSA) is 29.3 Å². The van der Waals surface area contributed by atoms with E-state index in [1.807, 2.05) is 13.0 Å². The fraction of sp³-hybridized carbons (Fsp3) is 0.625. The second-order valence-corrected chi connectivity index (χ2v) is 5.65. The van der Waals surface area contributed by atoms with Crippen LogP contribution in [0.15, 0.2) is 18.2 Å². The van der Waals surface area contributed by atoms with Crippen molar-refractivity contribution < 1.29 is 4.39 Å². The van der Waals surface area contributed by atoms with E-state index in [1.165, 1.54) is 31.7 Å². The third-order valence-electron chi connectivity index (χ3n) is 4.25. The van der Waals surface area contributed by atoms with E-state index < -0.39 is 0 Å². The Morgan fingerprint density at radius 3 is 2.84 bits per heavy atom. The van der Waals surface area contributed by atoms with Crippen LogP contribution in [-0.4, -0.2) is 13.1 Å². The summed E-state index contributed by atoms with van der Waals surface area (Å²) in [7, 11) is 0. The summed E-state index contributed by atoms with van der Waals surface area (Å²) >= 11 is 0. The van der Waals surface area contributed by atoms with Gasteiger partial charge in [0.15, 0.2) is 0 Å². The van der Waals surface area contributed by atoms with Crippen LogP contribution >= 0.6 is 0 Å². The summed E-state index contributed by atoms with van der Waals surface area (Å²) in [6.07, 6.45) is 4.92. The van der Waals surface area contributed by atoms with Gasteiger partial charge in [-0.25, -0.2) is 4.39 Å². The Kier molecular flexibility index (Phi) is 4.81. The van der Waals surface area contributed by atoms with Gasteiger partial charge < -0.3 is 10.6 Å². The molecule has 2 nitrogen and oxygen atoms in total. The molecule has 2 atom stereocenters. The second-order valence-electron chi connectivity index (χ2n) is 5.65. The van der Waals surface area contributed by atoms with Crippen LogP contribution in [0.25, 0.3) is 0 Å². The van der Waals surface area contributed by atoms with E-state index in [2.05, 4.69) is 11.8 Å². The smallest absolute Gasteiger partial charge is 0.130 e. The van der Waals surface area contributed by atoms with Crippen LogP contribution in [0.2, 0.25) is 0 Å². The van der Waals surface area contributed by atoms with Gasteiger partial charge in [0.1, 0.15) is 5.82 Å². The van der Waals surface area contributed by atoms with E-state index >= 15 is 0 Å². The minimum atomic E-state index is -0.263. The molecule has 2 N–H and O–H groups in total.